The second-order valence-electron chi connectivity index (χ2n) is 6.71. The minimum Gasteiger partial charge on any atom is -0.480 e. The first-order valence-corrected chi connectivity index (χ1v) is 9.29. The summed E-state index contributed by atoms with van der Waals surface area (Å²) in [5.74, 6) is -5.52. The number of nitrogens with two attached hydrogens (primary N) is 1. The van der Waals surface area contributed by atoms with Gasteiger partial charge in [0.1, 0.15) is 6.04 Å². The van der Waals surface area contributed by atoms with Crippen LogP contribution in [0.4, 0.5) is 11.6 Å². The first kappa shape index (κ1) is 22.8. The summed E-state index contributed by atoms with van der Waals surface area (Å²) in [4.78, 5) is 71.7. The number of H-pyrrole nitrogens is 1. The Morgan fingerprint density at radius 2 is 1.79 bits per heavy atom. The summed E-state index contributed by atoms with van der Waals surface area (Å²) in [6.45, 7) is 0.191. The van der Waals surface area contributed by atoms with Gasteiger partial charge in [0.25, 0.3) is 11.5 Å². The highest BCUT2D eigenvalue weighted by molar-refractivity contribution is 6.33. The fraction of sp³-hybridized carbons (Fsp3) is 0.158. The van der Waals surface area contributed by atoms with E-state index in [4.69, 9.17) is 15.9 Å². The fourth-order valence-electron chi connectivity index (χ4n) is 2.70. The Labute approximate surface area is 183 Å². The lowest BCUT2D eigenvalue weighted by Gasteiger charge is -2.13. The molecule has 2 aromatic heterocycles. The van der Waals surface area contributed by atoms with E-state index in [0.717, 1.165) is 0 Å². The van der Waals surface area contributed by atoms with E-state index in [2.05, 4.69) is 30.6 Å². The number of carbonyl (C=O) groups is 4. The smallest absolute Gasteiger partial charge is 0.372 e. The monoisotopic (exact) mass is 455 g/mol. The summed E-state index contributed by atoms with van der Waals surface area (Å²) in [5, 5.41) is 22.9. The number of hydrogen-bond donors (Lipinski definition) is 6. The third-order valence-corrected chi connectivity index (χ3v) is 4.34. The molecule has 1 aromatic carbocycles. The van der Waals surface area contributed by atoms with Crippen molar-refractivity contribution in [2.45, 2.75) is 19.0 Å². The van der Waals surface area contributed by atoms with Gasteiger partial charge in [-0.05, 0) is 24.3 Å². The van der Waals surface area contributed by atoms with Crippen LogP contribution in [0.3, 0.4) is 0 Å². The lowest BCUT2D eigenvalue weighted by molar-refractivity contribution is -0.150. The second-order valence-corrected chi connectivity index (χ2v) is 6.71. The van der Waals surface area contributed by atoms with E-state index in [0.29, 0.717) is 11.4 Å². The molecule has 14 nitrogen and oxygen atoms in total. The van der Waals surface area contributed by atoms with Crippen LogP contribution in [0.5, 0.6) is 0 Å². The maximum Gasteiger partial charge on any atom is 0.372 e. The highest BCUT2D eigenvalue weighted by Gasteiger charge is 2.26. The number of rotatable bonds is 9. The number of nitrogens with zero attached hydrogens (tertiary/aromatic N) is 3. The van der Waals surface area contributed by atoms with Crippen LogP contribution in [0.2, 0.25) is 0 Å². The van der Waals surface area contributed by atoms with Gasteiger partial charge in [-0.3, -0.25) is 19.4 Å². The van der Waals surface area contributed by atoms with Crippen LogP contribution in [0.1, 0.15) is 22.5 Å². The zero-order valence-electron chi connectivity index (χ0n) is 16.7. The summed E-state index contributed by atoms with van der Waals surface area (Å²) in [5.41, 5.74) is 6.19. The average Bonchev–Trinajstić information content (AvgIpc) is 2.77. The Morgan fingerprint density at radius 1 is 1.09 bits per heavy atom. The van der Waals surface area contributed by atoms with Crippen LogP contribution >= 0.6 is 0 Å². The molecule has 14 heteroatoms. The first-order valence-electron chi connectivity index (χ1n) is 9.29. The van der Waals surface area contributed by atoms with Crippen LogP contribution in [-0.4, -0.2) is 59.8 Å². The Hall–Kier alpha value is -4.88. The molecule has 1 atom stereocenters. The molecule has 0 bridgehead atoms. The van der Waals surface area contributed by atoms with Gasteiger partial charge in [-0.15, -0.1) is 0 Å². The minimum atomic E-state index is -1.79. The van der Waals surface area contributed by atoms with Crippen molar-refractivity contribution in [3.8, 4) is 0 Å². The molecule has 3 rings (SSSR count). The molecule has 0 fully saturated rings. The summed E-state index contributed by atoms with van der Waals surface area (Å²) in [7, 11) is 0. The minimum absolute atomic E-state index is 0.0323. The van der Waals surface area contributed by atoms with Gasteiger partial charge in [-0.2, -0.15) is 4.98 Å². The third kappa shape index (κ3) is 5.63. The van der Waals surface area contributed by atoms with E-state index < -0.39 is 41.7 Å². The van der Waals surface area contributed by atoms with Crippen LogP contribution in [0.25, 0.3) is 11.2 Å². The van der Waals surface area contributed by atoms with Gasteiger partial charge in [0.2, 0.25) is 11.7 Å². The number of hydrogen-bond acceptors (Lipinski definition) is 10. The number of carboxylic acids is 2. The number of aliphatic carboxylic acids is 2. The summed E-state index contributed by atoms with van der Waals surface area (Å²) in [6, 6.07) is 4.20. The van der Waals surface area contributed by atoms with Crippen LogP contribution in [0.15, 0.2) is 35.3 Å². The predicted molar refractivity (Wildman–Crippen MR) is 112 cm³/mol. The number of nitrogens with one attached hydrogen (secondary N) is 3. The molecule has 1 amide bonds. The van der Waals surface area contributed by atoms with E-state index >= 15 is 0 Å². The van der Waals surface area contributed by atoms with Crippen molar-refractivity contribution < 1.29 is 29.4 Å². The highest BCUT2D eigenvalue weighted by Crippen LogP contribution is 2.12. The molecular weight excluding hydrogens is 438 g/mol. The molecule has 0 radical (unpaired) electrons. The maximum atomic E-state index is 12.3. The predicted octanol–water partition coefficient (Wildman–Crippen LogP) is -0.866. The number of aromatic amines is 1. The van der Waals surface area contributed by atoms with Gasteiger partial charge >= 0.3 is 11.9 Å². The maximum absolute atomic E-state index is 12.3. The van der Waals surface area contributed by atoms with Crippen molar-refractivity contribution in [1.82, 2.24) is 25.3 Å². The number of aromatic nitrogens is 4. The Morgan fingerprint density at radius 3 is 2.42 bits per heavy atom. The summed E-state index contributed by atoms with van der Waals surface area (Å²) in [6.07, 6.45) is 0.543. The Balaban J connectivity index is 1.64. The van der Waals surface area contributed by atoms with Gasteiger partial charge < -0.3 is 26.6 Å². The molecule has 0 aliphatic heterocycles. The molecule has 0 saturated heterocycles. The lowest BCUT2D eigenvalue weighted by Crippen LogP contribution is -2.43. The van der Waals surface area contributed by atoms with Crippen molar-refractivity contribution in [2.75, 3.05) is 11.1 Å². The van der Waals surface area contributed by atoms with Crippen LogP contribution in [-0.2, 0) is 20.9 Å². The molecule has 0 aliphatic rings. The molecule has 0 spiro atoms. The fourth-order valence-corrected chi connectivity index (χ4v) is 2.70. The zero-order chi connectivity index (χ0) is 24.1. The van der Waals surface area contributed by atoms with E-state index in [1.165, 1.54) is 30.5 Å². The van der Waals surface area contributed by atoms with Gasteiger partial charge in [-0.25, -0.2) is 19.6 Å². The quantitative estimate of drug-likeness (QED) is 0.216. The molecule has 0 saturated carbocycles. The molecular formula is C19H17N7O7. The molecule has 0 unspecified atom stereocenters. The van der Waals surface area contributed by atoms with E-state index in [1.54, 1.807) is 0 Å². The number of amides is 1. The largest absolute Gasteiger partial charge is 0.480 e. The van der Waals surface area contributed by atoms with Gasteiger partial charge in [0, 0.05) is 17.7 Å². The average molecular weight is 455 g/mol. The zero-order valence-corrected chi connectivity index (χ0v) is 16.7. The van der Waals surface area contributed by atoms with E-state index in [1.807, 2.05) is 0 Å². The second kappa shape index (κ2) is 9.51. The highest BCUT2D eigenvalue weighted by atomic mass is 16.4. The van der Waals surface area contributed by atoms with Crippen LogP contribution in [0, 0.1) is 0 Å². The van der Waals surface area contributed by atoms with Crippen molar-refractivity contribution >= 4 is 46.4 Å². The summed E-state index contributed by atoms with van der Waals surface area (Å²) < 4.78 is 0. The molecule has 3 aromatic rings. The number of nitrogen functional groups attached to an aromatic ring is 1. The number of Topliss-reactive ketones (excluding diaryl/α,β-unsaturated/α-hetero) is 1. The summed E-state index contributed by atoms with van der Waals surface area (Å²) >= 11 is 0. The Kier molecular flexibility index (Phi) is 6.57. The molecule has 2 heterocycles. The van der Waals surface area contributed by atoms with Gasteiger partial charge in [-0.1, -0.05) is 0 Å². The Bertz CT molecular complexity index is 1300. The van der Waals surface area contributed by atoms with Crippen molar-refractivity contribution in [3.63, 3.8) is 0 Å². The van der Waals surface area contributed by atoms with Crippen molar-refractivity contribution in [2.24, 2.45) is 0 Å². The first-order chi connectivity index (χ1) is 15.6. The topological polar surface area (TPSA) is 230 Å². The number of carbonyl (C=O) groups excluding carboxylic acids is 2. The third-order valence-electron chi connectivity index (χ3n) is 4.34. The number of anilines is 2. The van der Waals surface area contributed by atoms with Gasteiger partial charge in [0.05, 0.1) is 18.4 Å². The molecule has 170 valence electrons. The van der Waals surface area contributed by atoms with Crippen LogP contribution < -0.4 is 21.9 Å². The van der Waals surface area contributed by atoms with E-state index in [-0.39, 0.29) is 29.2 Å². The molecule has 0 aliphatic carbocycles. The van der Waals surface area contributed by atoms with Crippen molar-refractivity contribution in [3.05, 3.63) is 52.1 Å². The molecule has 33 heavy (non-hydrogen) atoms. The standard InChI is InChI=1S/C19H17N7O7/c20-19-25-14-13(16(29)26-19)23-10(7-22-14)6-21-9-3-1-8(2-4-9)15(28)24-11(17(30)31)5-12(27)18(32)33/h1-4,7,11,21H,5-6H2,(H,24,28)(H,30,31)(H,32,33)(H3,20,22,25,26,29)/t11-/m0/s1. The van der Waals surface area contributed by atoms with E-state index in [9.17, 15) is 24.0 Å². The SMILES string of the molecule is Nc1nc2ncc(CNc3ccc(C(=O)N[C@@H](CC(=O)C(=O)O)C(=O)O)cc3)nc2c(=O)[nH]1. The number of carboxylic acid groups (broad SMARTS) is 2. The molecule has 7 N–H and O–H groups in total. The number of ketones is 1. The number of fused-ring (bicyclic) bond motifs is 1. The number of benzene rings is 1. The lowest BCUT2D eigenvalue weighted by atomic mass is 10.1. The normalized spacial score (nSPS) is 11.5. The van der Waals surface area contributed by atoms with Crippen molar-refractivity contribution in [1.29, 1.82) is 0 Å². The van der Waals surface area contributed by atoms with Gasteiger partial charge in [0.15, 0.2) is 11.2 Å².